The van der Waals surface area contributed by atoms with Crippen molar-refractivity contribution < 1.29 is 0 Å². The highest BCUT2D eigenvalue weighted by Gasteiger charge is 2.38. The first-order valence-electron chi connectivity index (χ1n) is 8.92. The summed E-state index contributed by atoms with van der Waals surface area (Å²) in [7, 11) is 4.39. The van der Waals surface area contributed by atoms with Gasteiger partial charge in [0.1, 0.15) is 0 Å². The molecular weight excluding hydrogens is 260 g/mol. The molecule has 2 heterocycles. The van der Waals surface area contributed by atoms with E-state index < -0.39 is 0 Å². The van der Waals surface area contributed by atoms with Crippen molar-refractivity contribution >= 4 is 0 Å². The average molecular weight is 297 g/mol. The molecule has 1 atom stereocenters. The molecule has 0 bridgehead atoms. The van der Waals surface area contributed by atoms with E-state index in [0.29, 0.717) is 0 Å². The second-order valence-corrected chi connectivity index (χ2v) is 7.41. The summed E-state index contributed by atoms with van der Waals surface area (Å²) in [6.45, 7) is 10.5. The van der Waals surface area contributed by atoms with Crippen molar-refractivity contribution in [3.8, 4) is 0 Å². The van der Waals surface area contributed by atoms with Crippen molar-refractivity contribution in [1.82, 2.24) is 14.7 Å². The smallest absolute Gasteiger partial charge is 0.0344 e. The quantitative estimate of drug-likeness (QED) is 0.833. The van der Waals surface area contributed by atoms with E-state index in [9.17, 15) is 0 Å². The van der Waals surface area contributed by atoms with Gasteiger partial charge in [-0.25, -0.2) is 0 Å². The number of nitrogens with two attached hydrogens (primary N) is 1. The Labute approximate surface area is 131 Å². The van der Waals surface area contributed by atoms with Crippen LogP contribution in [0.2, 0.25) is 0 Å². The number of rotatable bonds is 5. The number of nitrogens with zero attached hydrogens (tertiary/aromatic N) is 3. The minimum absolute atomic E-state index is 0.285. The van der Waals surface area contributed by atoms with Crippen molar-refractivity contribution in [2.75, 3.05) is 59.9 Å². The first-order chi connectivity index (χ1) is 10.1. The molecule has 0 spiro atoms. The van der Waals surface area contributed by atoms with Crippen LogP contribution in [0, 0.1) is 5.92 Å². The fourth-order valence-corrected chi connectivity index (χ4v) is 4.31. The third-order valence-electron chi connectivity index (χ3n) is 5.75. The summed E-state index contributed by atoms with van der Waals surface area (Å²) >= 11 is 0. The van der Waals surface area contributed by atoms with Gasteiger partial charge in [0, 0.05) is 18.6 Å². The zero-order valence-electron chi connectivity index (χ0n) is 14.5. The van der Waals surface area contributed by atoms with Crippen LogP contribution in [0.1, 0.15) is 39.0 Å². The van der Waals surface area contributed by atoms with Gasteiger partial charge in [-0.05, 0) is 84.8 Å². The molecular formula is C17H36N4. The SMILES string of the molecule is CCN1CCCC(CN)(N2CCC(CN(C)C)CC2)CC1. The molecule has 2 rings (SSSR count). The molecule has 21 heavy (non-hydrogen) atoms. The van der Waals surface area contributed by atoms with E-state index in [0.717, 1.165) is 12.5 Å². The Morgan fingerprint density at radius 2 is 1.81 bits per heavy atom. The maximum absolute atomic E-state index is 6.27. The maximum atomic E-state index is 6.27. The Kier molecular flexibility index (Phi) is 6.48. The molecule has 124 valence electrons. The second-order valence-electron chi connectivity index (χ2n) is 7.41. The van der Waals surface area contributed by atoms with Crippen LogP contribution in [0.15, 0.2) is 0 Å². The van der Waals surface area contributed by atoms with E-state index in [-0.39, 0.29) is 5.54 Å². The lowest BCUT2D eigenvalue weighted by molar-refractivity contribution is 0.0388. The molecule has 0 aromatic carbocycles. The molecule has 1 unspecified atom stereocenters. The Morgan fingerprint density at radius 3 is 2.38 bits per heavy atom. The molecule has 2 aliphatic rings. The van der Waals surface area contributed by atoms with E-state index in [1.165, 1.54) is 71.4 Å². The van der Waals surface area contributed by atoms with Gasteiger partial charge in [0.15, 0.2) is 0 Å². The number of likely N-dealkylation sites (tertiary alicyclic amines) is 2. The lowest BCUT2D eigenvalue weighted by Gasteiger charge is -2.47. The maximum Gasteiger partial charge on any atom is 0.0344 e. The molecule has 0 saturated carbocycles. The summed E-state index contributed by atoms with van der Waals surface area (Å²) in [5.74, 6) is 0.879. The summed E-state index contributed by atoms with van der Waals surface area (Å²) in [4.78, 5) is 7.68. The molecule has 4 nitrogen and oxygen atoms in total. The Hall–Kier alpha value is -0.160. The third-order valence-corrected chi connectivity index (χ3v) is 5.75. The number of piperidine rings is 1. The van der Waals surface area contributed by atoms with Crippen molar-refractivity contribution in [1.29, 1.82) is 0 Å². The average Bonchev–Trinajstić information content (AvgIpc) is 2.70. The molecule has 0 aromatic heterocycles. The van der Waals surface area contributed by atoms with Crippen LogP contribution in [-0.4, -0.2) is 80.1 Å². The van der Waals surface area contributed by atoms with E-state index in [4.69, 9.17) is 5.73 Å². The first-order valence-corrected chi connectivity index (χ1v) is 8.92. The standard InChI is InChI=1S/C17H36N4/c1-4-20-10-5-8-17(15-18,9-13-20)21-11-6-16(7-12-21)14-19(2)3/h16H,4-15,18H2,1-3H3. The van der Waals surface area contributed by atoms with Crippen LogP contribution < -0.4 is 5.73 Å². The summed E-state index contributed by atoms with van der Waals surface area (Å²) in [5, 5.41) is 0. The van der Waals surface area contributed by atoms with Crippen LogP contribution in [0.4, 0.5) is 0 Å². The van der Waals surface area contributed by atoms with Crippen molar-refractivity contribution in [2.24, 2.45) is 11.7 Å². The molecule has 0 aromatic rings. The minimum Gasteiger partial charge on any atom is -0.329 e. The van der Waals surface area contributed by atoms with Gasteiger partial charge in [-0.3, -0.25) is 4.90 Å². The molecule has 0 aliphatic carbocycles. The highest BCUT2D eigenvalue weighted by atomic mass is 15.2. The number of hydrogen-bond acceptors (Lipinski definition) is 4. The van der Waals surface area contributed by atoms with Gasteiger partial charge < -0.3 is 15.5 Å². The van der Waals surface area contributed by atoms with E-state index in [1.54, 1.807) is 0 Å². The van der Waals surface area contributed by atoms with Gasteiger partial charge in [-0.2, -0.15) is 0 Å². The van der Waals surface area contributed by atoms with Gasteiger partial charge in [0.2, 0.25) is 0 Å². The van der Waals surface area contributed by atoms with Gasteiger partial charge >= 0.3 is 0 Å². The number of hydrogen-bond donors (Lipinski definition) is 1. The topological polar surface area (TPSA) is 35.7 Å². The van der Waals surface area contributed by atoms with Crippen LogP contribution in [0.5, 0.6) is 0 Å². The molecule has 0 radical (unpaired) electrons. The van der Waals surface area contributed by atoms with Crippen LogP contribution in [0.3, 0.4) is 0 Å². The zero-order chi connectivity index (χ0) is 15.3. The molecule has 2 N–H and O–H groups in total. The van der Waals surface area contributed by atoms with Gasteiger partial charge in [-0.1, -0.05) is 6.92 Å². The Balaban J connectivity index is 1.92. The van der Waals surface area contributed by atoms with E-state index in [2.05, 4.69) is 35.7 Å². The largest absolute Gasteiger partial charge is 0.329 e. The molecule has 0 amide bonds. The first kappa shape index (κ1) is 17.2. The molecule has 2 saturated heterocycles. The highest BCUT2D eigenvalue weighted by molar-refractivity contribution is 4.96. The fourth-order valence-electron chi connectivity index (χ4n) is 4.31. The molecule has 2 fully saturated rings. The second kappa shape index (κ2) is 7.91. The van der Waals surface area contributed by atoms with Crippen LogP contribution in [0.25, 0.3) is 0 Å². The van der Waals surface area contributed by atoms with Crippen molar-refractivity contribution in [3.05, 3.63) is 0 Å². The van der Waals surface area contributed by atoms with Crippen LogP contribution in [-0.2, 0) is 0 Å². The predicted octanol–water partition coefficient (Wildman–Crippen LogP) is 1.46. The lowest BCUT2D eigenvalue weighted by atomic mass is 9.85. The summed E-state index contributed by atoms with van der Waals surface area (Å²) < 4.78 is 0. The van der Waals surface area contributed by atoms with Crippen molar-refractivity contribution in [3.63, 3.8) is 0 Å². The normalized spacial score (nSPS) is 30.7. The zero-order valence-corrected chi connectivity index (χ0v) is 14.5. The molecule has 2 aliphatic heterocycles. The predicted molar refractivity (Wildman–Crippen MR) is 90.6 cm³/mol. The van der Waals surface area contributed by atoms with E-state index >= 15 is 0 Å². The van der Waals surface area contributed by atoms with Crippen LogP contribution >= 0.6 is 0 Å². The Bertz CT molecular complexity index is 299. The van der Waals surface area contributed by atoms with E-state index in [1.807, 2.05) is 0 Å². The lowest BCUT2D eigenvalue weighted by Crippen LogP contribution is -2.57. The summed E-state index contributed by atoms with van der Waals surface area (Å²) in [5.41, 5.74) is 6.56. The van der Waals surface area contributed by atoms with Gasteiger partial charge in [0.25, 0.3) is 0 Å². The van der Waals surface area contributed by atoms with Gasteiger partial charge in [-0.15, -0.1) is 0 Å². The Morgan fingerprint density at radius 1 is 1.10 bits per heavy atom. The fraction of sp³-hybridized carbons (Fsp3) is 1.00. The highest BCUT2D eigenvalue weighted by Crippen LogP contribution is 2.32. The van der Waals surface area contributed by atoms with Crippen molar-refractivity contribution in [2.45, 2.75) is 44.6 Å². The summed E-state index contributed by atoms with van der Waals surface area (Å²) in [6, 6.07) is 0. The minimum atomic E-state index is 0.285. The van der Waals surface area contributed by atoms with Gasteiger partial charge in [0.05, 0.1) is 0 Å². The third kappa shape index (κ3) is 4.41. The molecule has 4 heteroatoms. The monoisotopic (exact) mass is 296 g/mol. The summed E-state index contributed by atoms with van der Waals surface area (Å²) in [6.07, 6.45) is 6.55.